The first kappa shape index (κ1) is 17.6. The van der Waals surface area contributed by atoms with Gasteiger partial charge in [-0.05, 0) is 66.7 Å². The topological polar surface area (TPSA) is 38.8 Å². The lowest BCUT2D eigenvalue weighted by Crippen LogP contribution is -2.55. The van der Waals surface area contributed by atoms with Crippen molar-refractivity contribution in [2.45, 2.75) is 25.3 Å². The molecule has 2 atom stereocenters. The molecular weight excluding hydrogens is 374 g/mol. The first-order valence-corrected chi connectivity index (χ1v) is 10.2. The number of carbonyl (C=O) groups excluding carboxylic acids is 1. The molecule has 0 saturated carbocycles. The van der Waals surface area contributed by atoms with Crippen molar-refractivity contribution in [3.63, 3.8) is 0 Å². The second-order valence-corrected chi connectivity index (χ2v) is 7.44. The summed E-state index contributed by atoms with van der Waals surface area (Å²) in [4.78, 5) is 14.9. The molecule has 0 aromatic heterocycles. The van der Waals surface area contributed by atoms with E-state index in [9.17, 15) is 4.79 Å². The average Bonchev–Trinajstić information content (AvgIpc) is 2.82. The maximum Gasteiger partial charge on any atom is 0.233 e. The molecule has 1 aliphatic rings. The zero-order valence-corrected chi connectivity index (χ0v) is 17.3. The Morgan fingerprint density at radius 2 is 1.53 bits per heavy atom. The molecule has 3 aromatic rings. The van der Waals surface area contributed by atoms with Gasteiger partial charge in [-0.15, -0.1) is 0 Å². The van der Waals surface area contributed by atoms with E-state index in [1.54, 1.807) is 24.1 Å². The van der Waals surface area contributed by atoms with Gasteiger partial charge in [0.1, 0.15) is 11.5 Å². The van der Waals surface area contributed by atoms with Crippen LogP contribution in [0.5, 0.6) is 11.5 Å². The second kappa shape index (κ2) is 9.04. The number of methoxy groups -OCH3 is 2. The first-order valence-electron chi connectivity index (χ1n) is 11.2. The van der Waals surface area contributed by atoms with Crippen LogP contribution in [0.25, 0.3) is 0 Å². The van der Waals surface area contributed by atoms with E-state index in [2.05, 4.69) is 12.1 Å². The van der Waals surface area contributed by atoms with E-state index in [4.69, 9.17) is 12.2 Å². The van der Waals surface area contributed by atoms with Crippen LogP contribution < -0.4 is 14.4 Å². The Morgan fingerprint density at radius 3 is 2.17 bits per heavy atom. The highest BCUT2D eigenvalue weighted by Gasteiger charge is 2.48. The number of β-lactam (4-membered cyclic amide) rings is 1. The highest BCUT2D eigenvalue weighted by molar-refractivity contribution is 6.03. The van der Waals surface area contributed by atoms with Crippen molar-refractivity contribution >= 4 is 11.6 Å². The van der Waals surface area contributed by atoms with Crippen LogP contribution in [0.15, 0.2) is 78.8 Å². The number of aryl methyl sites for hydroxylation is 1. The van der Waals surface area contributed by atoms with Gasteiger partial charge in [0.2, 0.25) is 5.91 Å². The Kier molecular flexibility index (Phi) is 5.29. The van der Waals surface area contributed by atoms with Gasteiger partial charge in [0.05, 0.1) is 28.9 Å². The summed E-state index contributed by atoms with van der Waals surface area (Å²) < 4.78 is 27.3. The van der Waals surface area contributed by atoms with Crippen molar-refractivity contribution in [3.05, 3.63) is 89.9 Å². The van der Waals surface area contributed by atoms with E-state index in [-0.39, 0.29) is 30.0 Å². The maximum absolute atomic E-state index is 13.3. The zero-order chi connectivity index (χ0) is 22.7. The molecule has 4 rings (SSSR count). The normalized spacial score (nSPS) is 19.0. The fourth-order valence-corrected chi connectivity index (χ4v) is 4.05. The van der Waals surface area contributed by atoms with E-state index < -0.39 is 0 Å². The monoisotopic (exact) mass is 403 g/mol. The number of amides is 1. The molecule has 3 aromatic carbocycles. The molecule has 1 heterocycles. The van der Waals surface area contributed by atoms with Crippen LogP contribution in [-0.4, -0.2) is 20.1 Å². The SMILES string of the molecule is [2H]c1cc(OC)cc([2H])c1N1C(=O)[C@H](CCCc2ccccc2)[C@H]1c1ccc(OC)cc1. The molecule has 1 fully saturated rings. The van der Waals surface area contributed by atoms with Crippen LogP contribution in [0.3, 0.4) is 0 Å². The number of carbonyl (C=O) groups is 1. The molecule has 30 heavy (non-hydrogen) atoms. The summed E-state index contributed by atoms with van der Waals surface area (Å²) in [5.74, 6) is 0.967. The standard InChI is InChI=1S/C26H27NO3/c1-29-22-15-11-20(12-16-22)25-24(10-6-9-19-7-4-3-5-8-19)26(28)27(25)21-13-17-23(30-2)18-14-21/h3-5,7-8,11-18,24-25H,6,9-10H2,1-2H3/t24-,25-/m1/s1/i13D,14D. The molecule has 4 heteroatoms. The van der Waals surface area contributed by atoms with Gasteiger partial charge < -0.3 is 14.4 Å². The van der Waals surface area contributed by atoms with E-state index in [1.807, 2.05) is 42.5 Å². The minimum atomic E-state index is -0.217. The molecule has 0 aliphatic carbocycles. The number of hydrogen-bond acceptors (Lipinski definition) is 3. The van der Waals surface area contributed by atoms with E-state index in [0.29, 0.717) is 11.4 Å². The molecule has 0 unspecified atom stereocenters. The van der Waals surface area contributed by atoms with Gasteiger partial charge in [0.25, 0.3) is 0 Å². The Morgan fingerprint density at radius 1 is 0.900 bits per heavy atom. The van der Waals surface area contributed by atoms with Crippen LogP contribution in [0.4, 0.5) is 5.69 Å². The lowest BCUT2D eigenvalue weighted by Gasteiger charge is -2.47. The van der Waals surface area contributed by atoms with Crippen molar-refractivity contribution in [1.29, 1.82) is 0 Å². The third kappa shape index (κ3) is 4.04. The molecule has 0 radical (unpaired) electrons. The van der Waals surface area contributed by atoms with Crippen LogP contribution in [0.2, 0.25) is 0 Å². The summed E-state index contributed by atoms with van der Waals surface area (Å²) in [6.07, 6.45) is 2.55. The summed E-state index contributed by atoms with van der Waals surface area (Å²) in [6, 6.07) is 21.1. The molecule has 1 amide bonds. The van der Waals surface area contributed by atoms with Crippen LogP contribution in [-0.2, 0) is 11.2 Å². The van der Waals surface area contributed by atoms with Crippen molar-refractivity contribution in [2.75, 3.05) is 19.1 Å². The van der Waals surface area contributed by atoms with Gasteiger partial charge >= 0.3 is 0 Å². The van der Waals surface area contributed by atoms with Gasteiger partial charge in [0.15, 0.2) is 0 Å². The average molecular weight is 404 g/mol. The Balaban J connectivity index is 1.62. The maximum atomic E-state index is 13.3. The predicted octanol–water partition coefficient (Wildman–Crippen LogP) is 5.43. The Labute approximate surface area is 180 Å². The number of benzene rings is 3. The number of anilines is 1. The summed E-state index contributed by atoms with van der Waals surface area (Å²) in [5, 5.41) is 0. The molecule has 0 spiro atoms. The van der Waals surface area contributed by atoms with Crippen LogP contribution in [0, 0.1) is 5.92 Å². The third-order valence-electron chi connectivity index (χ3n) is 5.67. The van der Waals surface area contributed by atoms with Gasteiger partial charge in [-0.3, -0.25) is 4.79 Å². The highest BCUT2D eigenvalue weighted by atomic mass is 16.5. The molecule has 1 saturated heterocycles. The highest BCUT2D eigenvalue weighted by Crippen LogP contribution is 2.46. The van der Waals surface area contributed by atoms with E-state index in [1.165, 1.54) is 12.7 Å². The van der Waals surface area contributed by atoms with Gasteiger partial charge in [0, 0.05) is 5.69 Å². The van der Waals surface area contributed by atoms with Gasteiger partial charge in [-0.2, -0.15) is 0 Å². The van der Waals surface area contributed by atoms with E-state index in [0.717, 1.165) is 30.6 Å². The summed E-state index contributed by atoms with van der Waals surface area (Å²) in [7, 11) is 3.13. The summed E-state index contributed by atoms with van der Waals surface area (Å²) in [6.45, 7) is 0. The lowest BCUT2D eigenvalue weighted by molar-refractivity contribution is -0.130. The smallest absolute Gasteiger partial charge is 0.233 e. The third-order valence-corrected chi connectivity index (χ3v) is 5.67. The summed E-state index contributed by atoms with van der Waals surface area (Å²) >= 11 is 0. The lowest BCUT2D eigenvalue weighted by atomic mass is 9.78. The van der Waals surface area contributed by atoms with Crippen LogP contribution >= 0.6 is 0 Å². The Hall–Kier alpha value is -3.27. The zero-order valence-electron chi connectivity index (χ0n) is 19.3. The number of nitrogens with zero attached hydrogens (tertiary/aromatic N) is 1. The first-order chi connectivity index (χ1) is 15.5. The molecule has 1 aliphatic heterocycles. The molecule has 0 bridgehead atoms. The number of hydrogen-bond donors (Lipinski definition) is 0. The van der Waals surface area contributed by atoms with Crippen molar-refractivity contribution in [1.82, 2.24) is 0 Å². The minimum Gasteiger partial charge on any atom is -0.497 e. The second-order valence-electron chi connectivity index (χ2n) is 7.44. The Bertz CT molecular complexity index is 1060. The van der Waals surface area contributed by atoms with Crippen molar-refractivity contribution < 1.29 is 17.0 Å². The van der Waals surface area contributed by atoms with E-state index >= 15 is 0 Å². The molecule has 0 N–H and O–H groups in total. The number of ether oxygens (including phenoxy) is 2. The van der Waals surface area contributed by atoms with Gasteiger partial charge in [-0.25, -0.2) is 0 Å². The fraction of sp³-hybridized carbons (Fsp3) is 0.269. The molecule has 4 nitrogen and oxygen atoms in total. The quantitative estimate of drug-likeness (QED) is 0.471. The summed E-state index contributed by atoms with van der Waals surface area (Å²) in [5.41, 5.74) is 2.56. The predicted molar refractivity (Wildman–Crippen MR) is 119 cm³/mol. The van der Waals surface area contributed by atoms with Crippen LogP contribution in [0.1, 0.15) is 32.8 Å². The number of rotatable bonds is 8. The van der Waals surface area contributed by atoms with Crippen molar-refractivity contribution in [2.24, 2.45) is 5.92 Å². The largest absolute Gasteiger partial charge is 0.497 e. The van der Waals surface area contributed by atoms with Gasteiger partial charge in [-0.1, -0.05) is 42.5 Å². The van der Waals surface area contributed by atoms with Crippen molar-refractivity contribution in [3.8, 4) is 11.5 Å². The molecule has 154 valence electrons. The molecular formula is C26H27NO3. The minimum absolute atomic E-state index is 0.0361. The fourth-order valence-electron chi connectivity index (χ4n) is 4.05.